The molecule has 0 N–H and O–H groups in total. The van der Waals surface area contributed by atoms with Gasteiger partial charge in [0.2, 0.25) is 0 Å². The monoisotopic (exact) mass is 466 g/mol. The lowest BCUT2D eigenvalue weighted by atomic mass is 10.1. The van der Waals surface area contributed by atoms with Gasteiger partial charge in [-0.1, -0.05) is 30.3 Å². The van der Waals surface area contributed by atoms with Crippen molar-refractivity contribution in [2.75, 3.05) is 16.9 Å². The molecule has 2 aromatic rings. The minimum Gasteiger partial charge on any atom is -0.451 e. The molecule has 2 aliphatic heterocycles. The predicted molar refractivity (Wildman–Crippen MR) is 126 cm³/mol. The predicted octanol–water partition coefficient (Wildman–Crippen LogP) is 3.31. The number of esters is 1. The lowest BCUT2D eigenvalue weighted by Crippen LogP contribution is -2.49. The molecule has 7 nitrogen and oxygen atoms in total. The van der Waals surface area contributed by atoms with Crippen LogP contribution in [0.1, 0.15) is 46.5 Å². The third-order valence-electron chi connectivity index (χ3n) is 6.09. The van der Waals surface area contributed by atoms with E-state index < -0.39 is 29.9 Å². The fourth-order valence-corrected chi connectivity index (χ4v) is 4.93. The summed E-state index contributed by atoms with van der Waals surface area (Å²) in [6.07, 6.45) is 1.80. The van der Waals surface area contributed by atoms with E-state index in [0.29, 0.717) is 5.75 Å². The number of anilines is 1. The number of nitrogens with zero attached hydrogens (tertiary/aromatic N) is 2. The summed E-state index contributed by atoms with van der Waals surface area (Å²) in [7, 11) is 0. The van der Waals surface area contributed by atoms with Crippen LogP contribution in [0.15, 0.2) is 48.5 Å². The molecule has 2 heterocycles. The van der Waals surface area contributed by atoms with Crippen LogP contribution < -0.4 is 4.90 Å². The van der Waals surface area contributed by atoms with Crippen molar-refractivity contribution in [3.8, 4) is 0 Å². The Morgan fingerprint density at radius 2 is 1.67 bits per heavy atom. The minimum atomic E-state index is -1.09. The second kappa shape index (κ2) is 9.39. The van der Waals surface area contributed by atoms with Gasteiger partial charge in [-0.15, -0.1) is 0 Å². The average molecular weight is 467 g/mol. The molecule has 0 aromatic heterocycles. The molecule has 0 spiro atoms. The molecule has 8 heteroatoms. The highest BCUT2D eigenvalue weighted by molar-refractivity contribution is 7.98. The standard InChI is InChI=1S/C25H26N2O5S/c1-15-14-17-8-4-7-11-20(17)26(15)22(28)16(2)32-25(31)21(12-13-33-3)27-23(29)18-9-5-6-10-19(18)24(27)30/h4-11,15-16,21H,12-14H2,1-3H3/t15-,16+,21+/m0/s1. The summed E-state index contributed by atoms with van der Waals surface area (Å²) in [5, 5.41) is 0. The van der Waals surface area contributed by atoms with Crippen LogP contribution in [0.4, 0.5) is 5.69 Å². The van der Waals surface area contributed by atoms with Gasteiger partial charge in [0.1, 0.15) is 6.04 Å². The molecule has 33 heavy (non-hydrogen) atoms. The Bertz CT molecular complexity index is 1080. The van der Waals surface area contributed by atoms with E-state index in [4.69, 9.17) is 4.74 Å². The first-order valence-electron chi connectivity index (χ1n) is 10.9. The number of benzene rings is 2. The Balaban J connectivity index is 1.53. The van der Waals surface area contributed by atoms with Crippen molar-refractivity contribution < 1.29 is 23.9 Å². The number of para-hydroxylation sites is 1. The summed E-state index contributed by atoms with van der Waals surface area (Å²) in [6.45, 7) is 3.48. The Labute approximate surface area is 197 Å². The maximum absolute atomic E-state index is 13.2. The van der Waals surface area contributed by atoms with Gasteiger partial charge in [-0.2, -0.15) is 11.8 Å². The van der Waals surface area contributed by atoms with Crippen molar-refractivity contribution in [1.82, 2.24) is 4.90 Å². The van der Waals surface area contributed by atoms with Crippen molar-refractivity contribution in [2.45, 2.75) is 44.9 Å². The third-order valence-corrected chi connectivity index (χ3v) is 6.73. The maximum atomic E-state index is 13.2. The number of hydrogen-bond donors (Lipinski definition) is 0. The summed E-state index contributed by atoms with van der Waals surface area (Å²) >= 11 is 1.50. The van der Waals surface area contributed by atoms with E-state index in [1.54, 1.807) is 29.2 Å². The zero-order valence-electron chi connectivity index (χ0n) is 18.8. The van der Waals surface area contributed by atoms with Crippen LogP contribution in [-0.2, 0) is 20.7 Å². The largest absolute Gasteiger partial charge is 0.451 e. The Hall–Kier alpha value is -3.13. The normalized spacial score (nSPS) is 18.7. The summed E-state index contributed by atoms with van der Waals surface area (Å²) < 4.78 is 5.57. The number of thioether (sulfide) groups is 1. The zero-order chi connectivity index (χ0) is 23.7. The molecule has 0 saturated heterocycles. The van der Waals surface area contributed by atoms with Crippen LogP contribution in [0.2, 0.25) is 0 Å². The summed E-state index contributed by atoms with van der Waals surface area (Å²) in [4.78, 5) is 54.9. The highest BCUT2D eigenvalue weighted by Crippen LogP contribution is 2.33. The molecule has 0 radical (unpaired) electrons. The molecule has 0 saturated carbocycles. The second-order valence-corrected chi connectivity index (χ2v) is 9.28. The molecule has 3 atom stereocenters. The molecule has 4 rings (SSSR count). The number of imide groups is 1. The molecule has 2 aliphatic rings. The van der Waals surface area contributed by atoms with Gasteiger partial charge < -0.3 is 9.64 Å². The SMILES string of the molecule is CSCC[C@H](C(=O)O[C@H](C)C(=O)N1c2ccccc2C[C@@H]1C)N1C(=O)c2ccccc2C1=O. The number of rotatable bonds is 7. The molecule has 2 aromatic carbocycles. The van der Waals surface area contributed by atoms with Gasteiger partial charge in [-0.05, 0) is 62.5 Å². The molecule has 172 valence electrons. The highest BCUT2D eigenvalue weighted by Gasteiger charge is 2.44. The lowest BCUT2D eigenvalue weighted by molar-refractivity contribution is -0.157. The quantitative estimate of drug-likeness (QED) is 0.460. The summed E-state index contributed by atoms with van der Waals surface area (Å²) in [6, 6.07) is 13.0. The molecule has 0 bridgehead atoms. The van der Waals surface area contributed by atoms with Crippen LogP contribution in [0.25, 0.3) is 0 Å². The minimum absolute atomic E-state index is 0.0559. The topological polar surface area (TPSA) is 84.0 Å². The third kappa shape index (κ3) is 4.15. The number of carbonyl (C=O) groups is 4. The van der Waals surface area contributed by atoms with E-state index >= 15 is 0 Å². The van der Waals surface area contributed by atoms with Crippen molar-refractivity contribution in [3.63, 3.8) is 0 Å². The Morgan fingerprint density at radius 3 is 2.30 bits per heavy atom. The fraction of sp³-hybridized carbons (Fsp3) is 0.360. The second-order valence-electron chi connectivity index (χ2n) is 8.29. The maximum Gasteiger partial charge on any atom is 0.330 e. The first-order valence-corrected chi connectivity index (χ1v) is 12.3. The zero-order valence-corrected chi connectivity index (χ0v) is 19.6. The van der Waals surface area contributed by atoms with E-state index in [2.05, 4.69) is 0 Å². The molecule has 0 unspecified atom stereocenters. The van der Waals surface area contributed by atoms with Gasteiger partial charge >= 0.3 is 5.97 Å². The molecule has 0 aliphatic carbocycles. The van der Waals surface area contributed by atoms with Crippen LogP contribution in [0.3, 0.4) is 0 Å². The first kappa shape index (κ1) is 23.0. The van der Waals surface area contributed by atoms with Crippen molar-refractivity contribution in [1.29, 1.82) is 0 Å². The smallest absolute Gasteiger partial charge is 0.330 e. The molecule has 0 fully saturated rings. The van der Waals surface area contributed by atoms with Crippen molar-refractivity contribution >= 4 is 41.1 Å². The van der Waals surface area contributed by atoms with Crippen LogP contribution in [-0.4, -0.2) is 58.8 Å². The Morgan fingerprint density at radius 1 is 1.06 bits per heavy atom. The Kier molecular flexibility index (Phi) is 6.56. The molecule has 3 amide bonds. The van der Waals surface area contributed by atoms with Crippen molar-refractivity contribution in [2.24, 2.45) is 0 Å². The van der Waals surface area contributed by atoms with E-state index in [1.807, 2.05) is 37.4 Å². The van der Waals surface area contributed by atoms with Gasteiger partial charge in [-0.25, -0.2) is 4.79 Å². The van der Waals surface area contributed by atoms with Crippen LogP contribution in [0.5, 0.6) is 0 Å². The molecular formula is C25H26N2O5S. The van der Waals surface area contributed by atoms with E-state index in [0.717, 1.165) is 22.6 Å². The first-order chi connectivity index (χ1) is 15.8. The van der Waals surface area contributed by atoms with Gasteiger partial charge in [0.15, 0.2) is 6.10 Å². The average Bonchev–Trinajstić information content (AvgIpc) is 3.27. The van der Waals surface area contributed by atoms with E-state index in [9.17, 15) is 19.2 Å². The number of hydrogen-bond acceptors (Lipinski definition) is 6. The highest BCUT2D eigenvalue weighted by atomic mass is 32.2. The van der Waals surface area contributed by atoms with Gasteiger partial charge in [0, 0.05) is 11.7 Å². The van der Waals surface area contributed by atoms with Crippen LogP contribution >= 0.6 is 11.8 Å². The van der Waals surface area contributed by atoms with Gasteiger partial charge in [0.05, 0.1) is 11.1 Å². The van der Waals surface area contributed by atoms with E-state index in [1.165, 1.54) is 18.7 Å². The van der Waals surface area contributed by atoms with Gasteiger partial charge in [-0.3, -0.25) is 19.3 Å². The van der Waals surface area contributed by atoms with Gasteiger partial charge in [0.25, 0.3) is 17.7 Å². The number of ether oxygens (including phenoxy) is 1. The van der Waals surface area contributed by atoms with E-state index in [-0.39, 0.29) is 29.5 Å². The van der Waals surface area contributed by atoms with Crippen molar-refractivity contribution in [3.05, 3.63) is 65.2 Å². The number of carbonyl (C=O) groups excluding carboxylic acids is 4. The number of amides is 3. The summed E-state index contributed by atoms with van der Waals surface area (Å²) in [5.41, 5.74) is 2.44. The fourth-order valence-electron chi connectivity index (χ4n) is 4.47. The van der Waals surface area contributed by atoms with Crippen LogP contribution in [0, 0.1) is 0 Å². The summed E-state index contributed by atoms with van der Waals surface area (Å²) in [5.74, 6) is -1.56. The molecular weight excluding hydrogens is 440 g/mol. The lowest BCUT2D eigenvalue weighted by Gasteiger charge is -2.28. The number of fused-ring (bicyclic) bond motifs is 2.